The zero-order chi connectivity index (χ0) is 11.3. The molecule has 5 nitrogen and oxygen atoms in total. The molecule has 0 amide bonds. The SMILES string of the molecule is CC.Cc1nc(C(=O)O)nc(N)c1C. The minimum atomic E-state index is -1.16. The van der Waals surface area contributed by atoms with Gasteiger partial charge in [0.05, 0.1) is 0 Å². The fourth-order valence-corrected chi connectivity index (χ4v) is 0.747. The summed E-state index contributed by atoms with van der Waals surface area (Å²) in [7, 11) is 0. The van der Waals surface area contributed by atoms with Crippen molar-refractivity contribution in [3.05, 3.63) is 17.1 Å². The van der Waals surface area contributed by atoms with Gasteiger partial charge in [-0.2, -0.15) is 0 Å². The fraction of sp³-hybridized carbons (Fsp3) is 0.444. The molecule has 0 saturated heterocycles. The molecule has 3 N–H and O–H groups in total. The Morgan fingerprint density at radius 1 is 1.29 bits per heavy atom. The quantitative estimate of drug-likeness (QED) is 0.710. The Hall–Kier alpha value is -1.65. The largest absolute Gasteiger partial charge is 0.475 e. The first-order valence-electron chi connectivity index (χ1n) is 4.36. The summed E-state index contributed by atoms with van der Waals surface area (Å²) in [5.41, 5.74) is 6.76. The van der Waals surface area contributed by atoms with E-state index in [1.165, 1.54) is 0 Å². The topological polar surface area (TPSA) is 89.1 Å². The van der Waals surface area contributed by atoms with E-state index in [0.717, 1.165) is 5.56 Å². The molecule has 1 aromatic heterocycles. The molecule has 0 spiro atoms. The Balaban J connectivity index is 0.000000791. The van der Waals surface area contributed by atoms with Crippen molar-refractivity contribution in [1.82, 2.24) is 9.97 Å². The van der Waals surface area contributed by atoms with E-state index in [0.29, 0.717) is 5.69 Å². The Labute approximate surface area is 83.0 Å². The summed E-state index contributed by atoms with van der Waals surface area (Å²) >= 11 is 0. The van der Waals surface area contributed by atoms with Gasteiger partial charge >= 0.3 is 5.97 Å². The highest BCUT2D eigenvalue weighted by Gasteiger charge is 2.10. The second-order valence-corrected chi connectivity index (χ2v) is 2.45. The summed E-state index contributed by atoms with van der Waals surface area (Å²) in [5, 5.41) is 8.54. The molecule has 0 aliphatic rings. The number of rotatable bonds is 1. The van der Waals surface area contributed by atoms with Crippen LogP contribution < -0.4 is 5.73 Å². The number of hydrogen-bond donors (Lipinski definition) is 2. The van der Waals surface area contributed by atoms with Gasteiger partial charge in [-0.3, -0.25) is 0 Å². The number of aromatic carboxylic acids is 1. The third kappa shape index (κ3) is 2.69. The highest BCUT2D eigenvalue weighted by atomic mass is 16.4. The predicted octanol–water partition coefficient (Wildman–Crippen LogP) is 1.40. The summed E-state index contributed by atoms with van der Waals surface area (Å²) in [4.78, 5) is 17.8. The van der Waals surface area contributed by atoms with Crippen LogP contribution in [0, 0.1) is 13.8 Å². The molecule has 14 heavy (non-hydrogen) atoms. The maximum Gasteiger partial charge on any atom is 0.374 e. The van der Waals surface area contributed by atoms with E-state index >= 15 is 0 Å². The molecule has 0 fully saturated rings. The molecule has 1 rings (SSSR count). The van der Waals surface area contributed by atoms with Crippen LogP contribution in [-0.4, -0.2) is 21.0 Å². The van der Waals surface area contributed by atoms with Gasteiger partial charge in [0.25, 0.3) is 0 Å². The second-order valence-electron chi connectivity index (χ2n) is 2.45. The molecule has 0 aromatic carbocycles. The van der Waals surface area contributed by atoms with E-state index < -0.39 is 5.97 Å². The fourth-order valence-electron chi connectivity index (χ4n) is 0.747. The number of carboxylic acid groups (broad SMARTS) is 1. The van der Waals surface area contributed by atoms with Crippen LogP contribution in [0.4, 0.5) is 5.82 Å². The van der Waals surface area contributed by atoms with Gasteiger partial charge in [0, 0.05) is 11.3 Å². The number of anilines is 1. The summed E-state index contributed by atoms with van der Waals surface area (Å²) in [5.74, 6) is -1.19. The van der Waals surface area contributed by atoms with Gasteiger partial charge in [-0.25, -0.2) is 14.8 Å². The first kappa shape index (κ1) is 12.3. The van der Waals surface area contributed by atoms with Crippen molar-refractivity contribution in [3.8, 4) is 0 Å². The van der Waals surface area contributed by atoms with Crippen LogP contribution in [0.25, 0.3) is 0 Å². The second kappa shape index (κ2) is 5.16. The molecule has 0 atom stereocenters. The Morgan fingerprint density at radius 2 is 1.79 bits per heavy atom. The molecular weight excluding hydrogens is 182 g/mol. The predicted molar refractivity (Wildman–Crippen MR) is 54.2 cm³/mol. The van der Waals surface area contributed by atoms with Crippen molar-refractivity contribution >= 4 is 11.8 Å². The molecule has 0 saturated carbocycles. The van der Waals surface area contributed by atoms with E-state index in [4.69, 9.17) is 10.8 Å². The third-order valence-corrected chi connectivity index (χ3v) is 1.62. The first-order valence-corrected chi connectivity index (χ1v) is 4.36. The number of hydrogen-bond acceptors (Lipinski definition) is 4. The molecule has 0 aliphatic heterocycles. The van der Waals surface area contributed by atoms with Crippen molar-refractivity contribution in [1.29, 1.82) is 0 Å². The smallest absolute Gasteiger partial charge is 0.374 e. The summed E-state index contributed by atoms with van der Waals surface area (Å²) < 4.78 is 0. The first-order chi connectivity index (χ1) is 6.52. The lowest BCUT2D eigenvalue weighted by Gasteiger charge is -2.02. The molecule has 1 aromatic rings. The number of aromatic nitrogens is 2. The van der Waals surface area contributed by atoms with Gasteiger partial charge in [-0.05, 0) is 13.8 Å². The number of nitrogens with two attached hydrogens (primary N) is 1. The molecule has 5 heteroatoms. The standard InChI is InChI=1S/C7H9N3O2.C2H6/c1-3-4(2)9-6(7(11)12)10-5(3)8;1-2/h1-2H3,(H,11,12)(H2,8,9,10);1-2H3. The van der Waals surface area contributed by atoms with Gasteiger partial charge in [0.1, 0.15) is 5.82 Å². The molecule has 0 bridgehead atoms. The lowest BCUT2D eigenvalue weighted by molar-refractivity contribution is 0.0683. The maximum atomic E-state index is 10.4. The average Bonchev–Trinajstić information content (AvgIpc) is 2.16. The van der Waals surface area contributed by atoms with Crippen LogP contribution in [0.1, 0.15) is 35.7 Å². The molecule has 0 unspecified atom stereocenters. The van der Waals surface area contributed by atoms with Gasteiger partial charge in [-0.15, -0.1) is 0 Å². The minimum Gasteiger partial charge on any atom is -0.475 e. The van der Waals surface area contributed by atoms with Gasteiger partial charge < -0.3 is 10.8 Å². The summed E-state index contributed by atoms with van der Waals surface area (Å²) in [6, 6.07) is 0. The number of carboxylic acids is 1. The zero-order valence-corrected chi connectivity index (χ0v) is 8.83. The molecule has 0 radical (unpaired) electrons. The van der Waals surface area contributed by atoms with E-state index in [9.17, 15) is 4.79 Å². The number of nitrogen functional groups attached to an aromatic ring is 1. The number of aryl methyl sites for hydroxylation is 1. The maximum absolute atomic E-state index is 10.4. The van der Waals surface area contributed by atoms with Crippen LogP contribution in [0.5, 0.6) is 0 Å². The van der Waals surface area contributed by atoms with E-state index in [2.05, 4.69) is 9.97 Å². The van der Waals surface area contributed by atoms with Gasteiger partial charge in [0.2, 0.25) is 5.82 Å². The van der Waals surface area contributed by atoms with Crippen molar-refractivity contribution in [2.24, 2.45) is 0 Å². The Bertz CT molecular complexity index is 314. The van der Waals surface area contributed by atoms with Crippen molar-refractivity contribution in [2.45, 2.75) is 27.7 Å². The monoisotopic (exact) mass is 197 g/mol. The van der Waals surface area contributed by atoms with Crippen LogP contribution in [0.2, 0.25) is 0 Å². The lowest BCUT2D eigenvalue weighted by atomic mass is 10.2. The van der Waals surface area contributed by atoms with Crippen molar-refractivity contribution < 1.29 is 9.90 Å². The third-order valence-electron chi connectivity index (χ3n) is 1.62. The zero-order valence-electron chi connectivity index (χ0n) is 8.83. The van der Waals surface area contributed by atoms with Crippen molar-refractivity contribution in [3.63, 3.8) is 0 Å². The Morgan fingerprint density at radius 3 is 2.14 bits per heavy atom. The Kier molecular flexibility index (Phi) is 4.55. The van der Waals surface area contributed by atoms with Crippen LogP contribution >= 0.6 is 0 Å². The van der Waals surface area contributed by atoms with Crippen molar-refractivity contribution in [2.75, 3.05) is 5.73 Å². The van der Waals surface area contributed by atoms with Gasteiger partial charge in [0.15, 0.2) is 0 Å². The molecule has 0 aliphatic carbocycles. The molecular formula is C9H15N3O2. The molecule has 78 valence electrons. The highest BCUT2D eigenvalue weighted by Crippen LogP contribution is 2.10. The lowest BCUT2D eigenvalue weighted by Crippen LogP contribution is -2.09. The average molecular weight is 197 g/mol. The molecule has 1 heterocycles. The normalized spacial score (nSPS) is 8.86. The van der Waals surface area contributed by atoms with Gasteiger partial charge in [-0.1, -0.05) is 13.8 Å². The summed E-state index contributed by atoms with van der Waals surface area (Å²) in [6.07, 6.45) is 0. The number of carbonyl (C=O) groups is 1. The van der Waals surface area contributed by atoms with Crippen LogP contribution in [0.15, 0.2) is 0 Å². The van der Waals surface area contributed by atoms with E-state index in [1.807, 2.05) is 13.8 Å². The minimum absolute atomic E-state index is 0.222. The summed E-state index contributed by atoms with van der Waals surface area (Å²) in [6.45, 7) is 7.44. The van der Waals surface area contributed by atoms with E-state index in [1.54, 1.807) is 13.8 Å². The van der Waals surface area contributed by atoms with Crippen LogP contribution in [-0.2, 0) is 0 Å². The van der Waals surface area contributed by atoms with E-state index in [-0.39, 0.29) is 11.6 Å². The highest BCUT2D eigenvalue weighted by molar-refractivity contribution is 5.83. The number of nitrogens with zero attached hydrogens (tertiary/aromatic N) is 2. The van der Waals surface area contributed by atoms with Crippen LogP contribution in [0.3, 0.4) is 0 Å².